The fraction of sp³-hybridized carbons (Fsp3) is 0.0800. The minimum absolute atomic E-state index is 0.295. The van der Waals surface area contributed by atoms with Crippen LogP contribution in [0, 0.1) is 0 Å². The number of aromatic nitrogens is 3. The summed E-state index contributed by atoms with van der Waals surface area (Å²) in [6.07, 6.45) is -4.38. The van der Waals surface area contributed by atoms with Crippen LogP contribution in [0.3, 0.4) is 0 Å². The highest BCUT2D eigenvalue weighted by molar-refractivity contribution is 5.90. The van der Waals surface area contributed by atoms with Gasteiger partial charge >= 0.3 is 6.18 Å². The molecule has 0 unspecified atom stereocenters. The molecule has 0 saturated carbocycles. The molecule has 1 N–H and O–H groups in total. The van der Waals surface area contributed by atoms with Gasteiger partial charge in [0.25, 0.3) is 0 Å². The first kappa shape index (κ1) is 20.7. The molecule has 5 aromatic rings. The molecule has 0 radical (unpaired) electrons. The highest BCUT2D eigenvalue weighted by atomic mass is 19.4. The summed E-state index contributed by atoms with van der Waals surface area (Å²) >= 11 is 0. The number of anilines is 1. The smallest absolute Gasteiger partial charge is 0.362 e. The predicted molar refractivity (Wildman–Crippen MR) is 119 cm³/mol. The molecule has 2 heterocycles. The Balaban J connectivity index is 1.39. The predicted octanol–water partition coefficient (Wildman–Crippen LogP) is 6.58. The van der Waals surface area contributed by atoms with E-state index in [1.54, 1.807) is 6.07 Å². The van der Waals surface area contributed by atoms with Gasteiger partial charge in [-0.1, -0.05) is 59.8 Å². The van der Waals surface area contributed by atoms with Gasteiger partial charge in [0.05, 0.1) is 17.6 Å². The molecule has 0 spiro atoms. The van der Waals surface area contributed by atoms with Crippen LogP contribution in [0.25, 0.3) is 33.5 Å². The molecular weight excluding hydrogens is 429 g/mol. The van der Waals surface area contributed by atoms with Crippen LogP contribution in [0.5, 0.6) is 0 Å². The van der Waals surface area contributed by atoms with E-state index in [1.807, 2.05) is 54.6 Å². The molecule has 33 heavy (non-hydrogen) atoms. The number of hydrogen-bond donors (Lipinski definition) is 1. The Hall–Kier alpha value is -4.20. The number of nitrogens with zero attached hydrogens (tertiary/aromatic N) is 3. The van der Waals surface area contributed by atoms with Gasteiger partial charge in [0.1, 0.15) is 11.5 Å². The van der Waals surface area contributed by atoms with Crippen molar-refractivity contribution >= 4 is 16.7 Å². The summed E-state index contributed by atoms with van der Waals surface area (Å²) in [5.41, 5.74) is 1.99. The van der Waals surface area contributed by atoms with E-state index in [-0.39, 0.29) is 0 Å². The first-order chi connectivity index (χ1) is 16.0. The van der Waals surface area contributed by atoms with Crippen molar-refractivity contribution in [1.29, 1.82) is 0 Å². The van der Waals surface area contributed by atoms with Crippen molar-refractivity contribution in [3.05, 3.63) is 96.3 Å². The van der Waals surface area contributed by atoms with Gasteiger partial charge in [-0.15, -0.1) is 0 Å². The number of nitrogens with one attached hydrogen (secondary N) is 1. The lowest BCUT2D eigenvalue weighted by Gasteiger charge is -2.10. The van der Waals surface area contributed by atoms with Gasteiger partial charge in [-0.25, -0.2) is 9.97 Å². The van der Waals surface area contributed by atoms with E-state index >= 15 is 0 Å². The first-order valence-corrected chi connectivity index (χ1v) is 10.2. The Bertz CT molecular complexity index is 1400. The van der Waals surface area contributed by atoms with Gasteiger partial charge in [0.15, 0.2) is 11.6 Å². The van der Waals surface area contributed by atoms with Gasteiger partial charge in [0.2, 0.25) is 0 Å². The van der Waals surface area contributed by atoms with Crippen molar-refractivity contribution in [2.75, 3.05) is 5.32 Å². The zero-order valence-electron chi connectivity index (χ0n) is 17.2. The summed E-state index contributed by atoms with van der Waals surface area (Å²) in [5, 5.41) is 8.12. The Labute approximate surface area is 186 Å². The van der Waals surface area contributed by atoms with E-state index in [4.69, 9.17) is 9.51 Å². The third kappa shape index (κ3) is 4.41. The molecule has 0 fully saturated rings. The van der Waals surface area contributed by atoms with E-state index in [1.165, 1.54) is 12.1 Å². The first-order valence-electron chi connectivity index (χ1n) is 10.2. The Morgan fingerprint density at radius 3 is 2.27 bits per heavy atom. The zero-order chi connectivity index (χ0) is 22.8. The molecule has 0 atom stereocenters. The lowest BCUT2D eigenvalue weighted by atomic mass is 10.1. The summed E-state index contributed by atoms with van der Waals surface area (Å²) < 4.78 is 43.7. The SMILES string of the molecule is FC(F)(F)c1ccc(-c2cc(CNc3nc(-c4ccccc4)nc4ccccc34)on2)cc1. The number of rotatable bonds is 5. The molecule has 0 bridgehead atoms. The molecule has 0 amide bonds. The van der Waals surface area contributed by atoms with Crippen molar-refractivity contribution in [3.8, 4) is 22.6 Å². The summed E-state index contributed by atoms with van der Waals surface area (Å²) in [7, 11) is 0. The summed E-state index contributed by atoms with van der Waals surface area (Å²) in [6.45, 7) is 0.295. The van der Waals surface area contributed by atoms with Crippen LogP contribution in [-0.2, 0) is 12.7 Å². The molecule has 5 rings (SSSR count). The molecule has 5 nitrogen and oxygen atoms in total. The van der Waals surface area contributed by atoms with E-state index in [2.05, 4.69) is 15.5 Å². The molecule has 8 heteroatoms. The van der Waals surface area contributed by atoms with Gasteiger partial charge < -0.3 is 9.84 Å². The zero-order valence-corrected chi connectivity index (χ0v) is 17.2. The number of alkyl halides is 3. The van der Waals surface area contributed by atoms with E-state index in [9.17, 15) is 13.2 Å². The standard InChI is InChI=1S/C25H17F3N4O/c26-25(27,28)18-12-10-16(11-13-18)22-14-19(33-32-22)15-29-24-20-8-4-5-9-21(20)30-23(31-24)17-6-2-1-3-7-17/h1-14H,15H2,(H,29,30,31). The van der Waals surface area contributed by atoms with Crippen LogP contribution >= 0.6 is 0 Å². The van der Waals surface area contributed by atoms with Crippen LogP contribution in [0.1, 0.15) is 11.3 Å². The molecule has 2 aromatic heterocycles. The van der Waals surface area contributed by atoms with Gasteiger partial charge in [0, 0.05) is 22.6 Å². The summed E-state index contributed by atoms with van der Waals surface area (Å²) in [6, 6.07) is 23.9. The van der Waals surface area contributed by atoms with Crippen LogP contribution in [0.15, 0.2) is 89.5 Å². The van der Waals surface area contributed by atoms with Gasteiger partial charge in [-0.3, -0.25) is 0 Å². The maximum absolute atomic E-state index is 12.8. The van der Waals surface area contributed by atoms with Crippen molar-refractivity contribution in [2.24, 2.45) is 0 Å². The highest BCUT2D eigenvalue weighted by Crippen LogP contribution is 2.31. The van der Waals surface area contributed by atoms with Gasteiger partial charge in [-0.05, 0) is 24.3 Å². The maximum Gasteiger partial charge on any atom is 0.416 e. The minimum atomic E-state index is -4.38. The molecule has 164 valence electrons. The van der Waals surface area contributed by atoms with Crippen LogP contribution < -0.4 is 5.32 Å². The number of halogens is 3. The van der Waals surface area contributed by atoms with Crippen molar-refractivity contribution in [3.63, 3.8) is 0 Å². The van der Waals surface area contributed by atoms with Gasteiger partial charge in [-0.2, -0.15) is 13.2 Å². The van der Waals surface area contributed by atoms with Crippen LogP contribution in [0.4, 0.5) is 19.0 Å². The molecule has 3 aromatic carbocycles. The quantitative estimate of drug-likeness (QED) is 0.330. The lowest BCUT2D eigenvalue weighted by Crippen LogP contribution is -2.04. The summed E-state index contributed by atoms with van der Waals surface area (Å²) in [5.74, 6) is 1.76. The maximum atomic E-state index is 12.8. The molecular formula is C25H17F3N4O. The molecule has 0 aliphatic heterocycles. The lowest BCUT2D eigenvalue weighted by molar-refractivity contribution is -0.137. The molecule has 0 aliphatic rings. The highest BCUT2D eigenvalue weighted by Gasteiger charge is 2.30. The van der Waals surface area contributed by atoms with E-state index < -0.39 is 11.7 Å². The second-order valence-electron chi connectivity index (χ2n) is 7.39. The second-order valence-corrected chi connectivity index (χ2v) is 7.39. The Morgan fingerprint density at radius 1 is 0.788 bits per heavy atom. The minimum Gasteiger partial charge on any atom is -0.362 e. The fourth-order valence-corrected chi connectivity index (χ4v) is 3.46. The second kappa shape index (κ2) is 8.38. The number of benzene rings is 3. The molecule has 0 aliphatic carbocycles. The van der Waals surface area contributed by atoms with Crippen molar-refractivity contribution in [1.82, 2.24) is 15.1 Å². The largest absolute Gasteiger partial charge is 0.416 e. The third-order valence-electron chi connectivity index (χ3n) is 5.13. The van der Waals surface area contributed by atoms with Crippen LogP contribution in [-0.4, -0.2) is 15.1 Å². The van der Waals surface area contributed by atoms with E-state index in [0.717, 1.165) is 28.6 Å². The van der Waals surface area contributed by atoms with E-state index in [0.29, 0.717) is 35.2 Å². The fourth-order valence-electron chi connectivity index (χ4n) is 3.46. The average molecular weight is 446 g/mol. The normalized spacial score (nSPS) is 11.6. The Kier molecular flexibility index (Phi) is 5.26. The third-order valence-corrected chi connectivity index (χ3v) is 5.13. The average Bonchev–Trinajstić information content (AvgIpc) is 3.31. The monoisotopic (exact) mass is 446 g/mol. The number of para-hydroxylation sites is 1. The van der Waals surface area contributed by atoms with Crippen molar-refractivity contribution < 1.29 is 17.7 Å². The Morgan fingerprint density at radius 2 is 1.52 bits per heavy atom. The van der Waals surface area contributed by atoms with Crippen LogP contribution in [0.2, 0.25) is 0 Å². The summed E-state index contributed by atoms with van der Waals surface area (Å²) in [4.78, 5) is 9.36. The number of fused-ring (bicyclic) bond motifs is 1. The molecule has 0 saturated heterocycles. The van der Waals surface area contributed by atoms with Crippen molar-refractivity contribution in [2.45, 2.75) is 12.7 Å². The number of hydrogen-bond acceptors (Lipinski definition) is 5. The topological polar surface area (TPSA) is 63.8 Å².